The van der Waals surface area contributed by atoms with Gasteiger partial charge in [-0.25, -0.2) is 8.78 Å². The van der Waals surface area contributed by atoms with E-state index >= 15 is 0 Å². The van der Waals surface area contributed by atoms with Crippen LogP contribution in [0.2, 0.25) is 5.02 Å². The van der Waals surface area contributed by atoms with Gasteiger partial charge >= 0.3 is 0 Å². The van der Waals surface area contributed by atoms with E-state index in [9.17, 15) is 13.9 Å². The van der Waals surface area contributed by atoms with Crippen molar-refractivity contribution in [2.45, 2.75) is 6.61 Å². The van der Waals surface area contributed by atoms with Crippen LogP contribution in [0, 0.1) is 11.6 Å². The predicted octanol–water partition coefficient (Wildman–Crippen LogP) is 4.43. The molecule has 0 spiro atoms. The molecule has 3 nitrogen and oxygen atoms in total. The summed E-state index contributed by atoms with van der Waals surface area (Å²) in [6.45, 7) is -0.449. The second kappa shape index (κ2) is 5.87. The van der Waals surface area contributed by atoms with Crippen molar-refractivity contribution >= 4 is 11.6 Å². The maximum absolute atomic E-state index is 13.9. The lowest BCUT2D eigenvalue weighted by Crippen LogP contribution is -1.92. The van der Waals surface area contributed by atoms with Gasteiger partial charge in [0.1, 0.15) is 17.3 Å². The number of hydrogen-bond acceptors (Lipinski definition) is 3. The summed E-state index contributed by atoms with van der Waals surface area (Å²) < 4.78 is 32.5. The number of halogens is 3. The van der Waals surface area contributed by atoms with Crippen LogP contribution in [0.1, 0.15) is 5.56 Å². The summed E-state index contributed by atoms with van der Waals surface area (Å²) in [5, 5.41) is 13.7. The van der Waals surface area contributed by atoms with Crippen LogP contribution in [0.5, 0.6) is 0 Å². The van der Waals surface area contributed by atoms with E-state index in [1.54, 1.807) is 12.1 Å². The molecule has 6 heteroatoms. The zero-order valence-electron chi connectivity index (χ0n) is 11.2. The Hall–Kier alpha value is -2.24. The molecular weight excluding hydrogens is 312 g/mol. The first kappa shape index (κ1) is 14.7. The summed E-state index contributed by atoms with van der Waals surface area (Å²) >= 11 is 6.04. The van der Waals surface area contributed by atoms with Gasteiger partial charge in [0, 0.05) is 11.1 Å². The monoisotopic (exact) mass is 321 g/mol. The molecular formula is C16H10ClF2NO2. The van der Waals surface area contributed by atoms with Crippen molar-refractivity contribution in [2.75, 3.05) is 0 Å². The lowest BCUT2D eigenvalue weighted by Gasteiger charge is -2.04. The summed E-state index contributed by atoms with van der Waals surface area (Å²) in [6.07, 6.45) is 0. The molecule has 0 unspecified atom stereocenters. The number of benzene rings is 2. The number of hydrogen-bond donors (Lipinski definition) is 1. The summed E-state index contributed by atoms with van der Waals surface area (Å²) in [4.78, 5) is 0. The molecule has 1 N–H and O–H groups in total. The molecule has 0 aliphatic carbocycles. The Morgan fingerprint density at radius 1 is 1.09 bits per heavy atom. The van der Waals surface area contributed by atoms with Crippen LogP contribution in [0.15, 0.2) is 47.0 Å². The molecule has 0 aliphatic heterocycles. The van der Waals surface area contributed by atoms with E-state index in [-0.39, 0.29) is 33.2 Å². The minimum Gasteiger partial charge on any atom is -0.391 e. The highest BCUT2D eigenvalue weighted by Crippen LogP contribution is 2.36. The van der Waals surface area contributed by atoms with Gasteiger partial charge in [-0.15, -0.1) is 0 Å². The Morgan fingerprint density at radius 2 is 1.86 bits per heavy atom. The highest BCUT2D eigenvalue weighted by Gasteiger charge is 2.22. The second-order valence-electron chi connectivity index (χ2n) is 4.60. The quantitative estimate of drug-likeness (QED) is 0.776. The van der Waals surface area contributed by atoms with E-state index in [4.69, 9.17) is 16.1 Å². The average Bonchev–Trinajstić information content (AvgIpc) is 2.93. The lowest BCUT2D eigenvalue weighted by atomic mass is 10.0. The minimum atomic E-state index is -0.507. The van der Waals surface area contributed by atoms with Crippen LogP contribution < -0.4 is 0 Å². The van der Waals surface area contributed by atoms with E-state index in [1.165, 1.54) is 30.3 Å². The summed E-state index contributed by atoms with van der Waals surface area (Å²) in [5.74, 6) is -0.889. The SMILES string of the molecule is OCc1c(-c2ccccc2F)noc1-c1cc(F)ccc1Cl. The second-order valence-corrected chi connectivity index (χ2v) is 5.01. The van der Waals surface area contributed by atoms with Crippen LogP contribution in [-0.2, 0) is 6.61 Å². The van der Waals surface area contributed by atoms with Crippen LogP contribution in [0.4, 0.5) is 8.78 Å². The fourth-order valence-corrected chi connectivity index (χ4v) is 2.41. The Labute approximate surface area is 129 Å². The van der Waals surface area contributed by atoms with E-state index in [2.05, 4.69) is 5.16 Å². The van der Waals surface area contributed by atoms with Crippen molar-refractivity contribution in [3.05, 3.63) is 64.7 Å². The molecule has 1 aromatic heterocycles. The first-order chi connectivity index (χ1) is 10.6. The third-order valence-corrected chi connectivity index (χ3v) is 3.58. The van der Waals surface area contributed by atoms with Crippen molar-refractivity contribution in [1.29, 1.82) is 0 Å². The highest BCUT2D eigenvalue weighted by atomic mass is 35.5. The third-order valence-electron chi connectivity index (χ3n) is 3.25. The van der Waals surface area contributed by atoms with Gasteiger partial charge in [0.15, 0.2) is 5.76 Å². The summed E-state index contributed by atoms with van der Waals surface area (Å²) in [6, 6.07) is 9.73. The molecule has 0 fully saturated rings. The van der Waals surface area contributed by atoms with Crippen molar-refractivity contribution < 1.29 is 18.4 Å². The van der Waals surface area contributed by atoms with Crippen molar-refractivity contribution in [2.24, 2.45) is 0 Å². The largest absolute Gasteiger partial charge is 0.391 e. The topological polar surface area (TPSA) is 46.3 Å². The van der Waals surface area contributed by atoms with Crippen LogP contribution >= 0.6 is 11.6 Å². The van der Waals surface area contributed by atoms with E-state index < -0.39 is 18.2 Å². The van der Waals surface area contributed by atoms with E-state index in [1.807, 2.05) is 0 Å². The van der Waals surface area contributed by atoms with Gasteiger partial charge in [0.05, 0.1) is 17.2 Å². The molecule has 0 saturated heterocycles. The number of aliphatic hydroxyl groups is 1. The fraction of sp³-hybridized carbons (Fsp3) is 0.0625. The lowest BCUT2D eigenvalue weighted by molar-refractivity contribution is 0.281. The van der Waals surface area contributed by atoms with E-state index in [0.29, 0.717) is 0 Å². The molecule has 0 atom stereocenters. The fourth-order valence-electron chi connectivity index (χ4n) is 2.20. The Morgan fingerprint density at radius 3 is 2.59 bits per heavy atom. The molecule has 2 aromatic carbocycles. The standard InChI is InChI=1S/C16H10ClF2NO2/c17-13-6-5-9(18)7-11(13)16-12(8-21)15(20-22-16)10-3-1-2-4-14(10)19/h1-7,21H,8H2. The maximum Gasteiger partial charge on any atom is 0.174 e. The molecule has 0 amide bonds. The van der Waals surface area contributed by atoms with Crippen LogP contribution in [-0.4, -0.2) is 10.3 Å². The zero-order chi connectivity index (χ0) is 15.7. The van der Waals surface area contributed by atoms with Crippen molar-refractivity contribution in [1.82, 2.24) is 5.16 Å². The van der Waals surface area contributed by atoms with Crippen molar-refractivity contribution in [3.63, 3.8) is 0 Å². The average molecular weight is 322 g/mol. The van der Waals surface area contributed by atoms with Gasteiger partial charge < -0.3 is 9.63 Å². The molecule has 0 aliphatic rings. The van der Waals surface area contributed by atoms with Gasteiger partial charge in [-0.05, 0) is 30.3 Å². The van der Waals surface area contributed by atoms with Crippen molar-refractivity contribution in [3.8, 4) is 22.6 Å². The molecule has 3 rings (SSSR count). The van der Waals surface area contributed by atoms with Crippen LogP contribution in [0.25, 0.3) is 22.6 Å². The van der Waals surface area contributed by atoms with Crippen LogP contribution in [0.3, 0.4) is 0 Å². The molecule has 0 bridgehead atoms. The first-order valence-corrected chi connectivity index (χ1v) is 6.79. The normalized spacial score (nSPS) is 10.9. The third kappa shape index (κ3) is 2.49. The van der Waals surface area contributed by atoms with Gasteiger partial charge in [-0.3, -0.25) is 0 Å². The number of aromatic nitrogens is 1. The maximum atomic E-state index is 13.9. The van der Waals surface area contributed by atoms with Gasteiger partial charge in [-0.1, -0.05) is 28.9 Å². The zero-order valence-corrected chi connectivity index (χ0v) is 11.9. The first-order valence-electron chi connectivity index (χ1n) is 6.41. The summed E-state index contributed by atoms with van der Waals surface area (Å²) in [7, 11) is 0. The Balaban J connectivity index is 2.20. The van der Waals surface area contributed by atoms with Gasteiger partial charge in [0.25, 0.3) is 0 Å². The highest BCUT2D eigenvalue weighted by molar-refractivity contribution is 6.33. The molecule has 0 radical (unpaired) electrons. The molecule has 22 heavy (non-hydrogen) atoms. The summed E-state index contributed by atoms with van der Waals surface area (Å²) in [5.41, 5.74) is 0.850. The molecule has 3 aromatic rings. The number of aliphatic hydroxyl groups excluding tert-OH is 1. The minimum absolute atomic E-state index is 0.116. The predicted molar refractivity (Wildman–Crippen MR) is 78.2 cm³/mol. The van der Waals surface area contributed by atoms with E-state index in [0.717, 1.165) is 0 Å². The Kier molecular flexibility index (Phi) is 3.92. The number of rotatable bonds is 3. The molecule has 112 valence electrons. The molecule has 1 heterocycles. The molecule has 0 saturated carbocycles. The Bertz CT molecular complexity index is 833. The van der Waals surface area contributed by atoms with Gasteiger partial charge in [0.2, 0.25) is 0 Å². The smallest absolute Gasteiger partial charge is 0.174 e. The number of nitrogens with zero attached hydrogens (tertiary/aromatic N) is 1. The van der Waals surface area contributed by atoms with Gasteiger partial charge in [-0.2, -0.15) is 0 Å².